The third-order valence-electron chi connectivity index (χ3n) is 4.65. The summed E-state index contributed by atoms with van der Waals surface area (Å²) in [7, 11) is -3.72. The second-order valence-corrected chi connectivity index (χ2v) is 10.8. The maximum absolute atomic E-state index is 12.5. The minimum atomic E-state index is -3.72. The number of nitrogens with one attached hydrogen (secondary N) is 2. The first-order chi connectivity index (χ1) is 14.5. The molecule has 1 saturated heterocycles. The van der Waals surface area contributed by atoms with Crippen LogP contribution in [0, 0.1) is 0 Å². The fourth-order valence-electron chi connectivity index (χ4n) is 3.20. The van der Waals surface area contributed by atoms with Gasteiger partial charge in [0.15, 0.2) is 4.34 Å². The standard InChI is InChI=1S/C18H22N6O3S3/c25-16(12-28-18-22-21-17(29-18)24-9-1-2-10-24)20-13-5-3-6-14(11-13)30(26,27)23-15-7-4-8-19-15/h3,5-6,11H,1-2,4,7-10,12H2,(H,19,23)(H,20,25). The Morgan fingerprint density at radius 1 is 1.20 bits per heavy atom. The Balaban J connectivity index is 1.32. The van der Waals surface area contributed by atoms with Gasteiger partial charge in [0.2, 0.25) is 11.0 Å². The Hall–Kier alpha value is -2.18. The Labute approximate surface area is 183 Å². The molecule has 0 radical (unpaired) electrons. The van der Waals surface area contributed by atoms with Gasteiger partial charge in [0.1, 0.15) is 5.84 Å². The molecule has 2 aliphatic rings. The third-order valence-corrected chi connectivity index (χ3v) is 8.15. The first kappa shape index (κ1) is 21.1. The zero-order chi connectivity index (χ0) is 21.0. The number of hydrogen-bond donors (Lipinski definition) is 2. The molecule has 9 nitrogen and oxygen atoms in total. The van der Waals surface area contributed by atoms with Crippen molar-refractivity contribution < 1.29 is 13.2 Å². The first-order valence-electron chi connectivity index (χ1n) is 9.67. The van der Waals surface area contributed by atoms with Crippen LogP contribution in [-0.4, -0.2) is 55.7 Å². The van der Waals surface area contributed by atoms with E-state index in [1.54, 1.807) is 12.1 Å². The molecule has 0 bridgehead atoms. The van der Waals surface area contributed by atoms with Crippen LogP contribution in [0.15, 0.2) is 38.5 Å². The molecule has 0 atom stereocenters. The number of aliphatic imine (C=N–C) groups is 1. The molecule has 1 aromatic carbocycles. The van der Waals surface area contributed by atoms with Crippen LogP contribution >= 0.6 is 23.1 Å². The summed E-state index contributed by atoms with van der Waals surface area (Å²) < 4.78 is 28.3. The lowest BCUT2D eigenvalue weighted by atomic mass is 10.3. The summed E-state index contributed by atoms with van der Waals surface area (Å²) in [5, 5.41) is 12.0. The number of amidine groups is 1. The highest BCUT2D eigenvalue weighted by Crippen LogP contribution is 2.30. The molecule has 0 saturated carbocycles. The zero-order valence-electron chi connectivity index (χ0n) is 16.2. The van der Waals surface area contributed by atoms with Gasteiger partial charge < -0.3 is 10.2 Å². The quantitative estimate of drug-likeness (QED) is 0.602. The number of amides is 1. The molecule has 30 heavy (non-hydrogen) atoms. The highest BCUT2D eigenvalue weighted by atomic mass is 32.2. The number of sulfonamides is 1. The maximum atomic E-state index is 12.5. The molecule has 2 aliphatic heterocycles. The van der Waals surface area contributed by atoms with Crippen molar-refractivity contribution in [2.24, 2.45) is 4.99 Å². The van der Waals surface area contributed by atoms with E-state index >= 15 is 0 Å². The molecular weight excluding hydrogens is 444 g/mol. The monoisotopic (exact) mass is 466 g/mol. The minimum Gasteiger partial charge on any atom is -0.347 e. The van der Waals surface area contributed by atoms with E-state index in [4.69, 9.17) is 0 Å². The average Bonchev–Trinajstić information content (AvgIpc) is 3.48. The van der Waals surface area contributed by atoms with Gasteiger partial charge in [-0.2, -0.15) is 0 Å². The fourth-order valence-corrected chi connectivity index (χ4v) is 6.03. The van der Waals surface area contributed by atoms with Crippen LogP contribution in [0.4, 0.5) is 10.8 Å². The molecule has 12 heteroatoms. The highest BCUT2D eigenvalue weighted by molar-refractivity contribution is 8.01. The number of aromatic nitrogens is 2. The molecule has 1 amide bonds. The van der Waals surface area contributed by atoms with Crippen LogP contribution in [0.2, 0.25) is 0 Å². The van der Waals surface area contributed by atoms with Crippen molar-refractivity contribution in [3.05, 3.63) is 24.3 Å². The molecule has 1 fully saturated rings. The second-order valence-electron chi connectivity index (χ2n) is 6.95. The summed E-state index contributed by atoms with van der Waals surface area (Å²) in [5.41, 5.74) is 0.423. The maximum Gasteiger partial charge on any atom is 0.262 e. The van der Waals surface area contributed by atoms with Crippen molar-refractivity contribution in [3.63, 3.8) is 0 Å². The topological polar surface area (TPSA) is 117 Å². The fraction of sp³-hybridized carbons (Fsp3) is 0.444. The molecule has 1 aromatic heterocycles. The van der Waals surface area contributed by atoms with Gasteiger partial charge in [0, 0.05) is 31.7 Å². The molecule has 0 spiro atoms. The van der Waals surface area contributed by atoms with Crippen LogP contribution in [0.3, 0.4) is 0 Å². The highest BCUT2D eigenvalue weighted by Gasteiger charge is 2.19. The van der Waals surface area contributed by atoms with Crippen LogP contribution in [0.1, 0.15) is 25.7 Å². The minimum absolute atomic E-state index is 0.0851. The predicted octanol–water partition coefficient (Wildman–Crippen LogP) is 2.34. The van der Waals surface area contributed by atoms with Crippen LogP contribution in [0.25, 0.3) is 0 Å². The number of rotatable bonds is 7. The summed E-state index contributed by atoms with van der Waals surface area (Å²) in [6.07, 6.45) is 3.81. The number of nitrogens with zero attached hydrogens (tertiary/aromatic N) is 4. The lowest BCUT2D eigenvalue weighted by Gasteiger charge is -2.11. The van der Waals surface area contributed by atoms with Crippen molar-refractivity contribution in [3.8, 4) is 0 Å². The van der Waals surface area contributed by atoms with E-state index in [1.807, 2.05) is 0 Å². The van der Waals surface area contributed by atoms with Gasteiger partial charge in [-0.1, -0.05) is 29.2 Å². The van der Waals surface area contributed by atoms with E-state index in [0.29, 0.717) is 24.5 Å². The summed E-state index contributed by atoms with van der Waals surface area (Å²) >= 11 is 2.81. The summed E-state index contributed by atoms with van der Waals surface area (Å²) in [5.74, 6) is 0.410. The van der Waals surface area contributed by atoms with Crippen LogP contribution < -0.4 is 14.9 Å². The molecule has 2 aromatic rings. The van der Waals surface area contributed by atoms with Gasteiger partial charge in [-0.3, -0.25) is 14.5 Å². The number of hydrogen-bond acceptors (Lipinski definition) is 9. The number of benzene rings is 1. The zero-order valence-corrected chi connectivity index (χ0v) is 18.7. The SMILES string of the molecule is O=C(CSc1nnc(N2CCCC2)s1)Nc1cccc(S(=O)(=O)NC2=NCCC2)c1. The second kappa shape index (κ2) is 9.31. The smallest absolute Gasteiger partial charge is 0.262 e. The van der Waals surface area contributed by atoms with Gasteiger partial charge in [-0.25, -0.2) is 8.42 Å². The Bertz CT molecular complexity index is 1050. The Morgan fingerprint density at radius 3 is 2.80 bits per heavy atom. The van der Waals surface area contributed by atoms with E-state index in [2.05, 4.69) is 30.1 Å². The molecule has 3 heterocycles. The van der Waals surface area contributed by atoms with Crippen LogP contribution in [-0.2, 0) is 14.8 Å². The summed E-state index contributed by atoms with van der Waals surface area (Å²) in [4.78, 5) is 18.7. The molecule has 4 rings (SSSR count). The number of carbonyl (C=O) groups is 1. The number of anilines is 2. The molecule has 0 aliphatic carbocycles. The van der Waals surface area contributed by atoms with Gasteiger partial charge in [-0.15, -0.1) is 10.2 Å². The van der Waals surface area contributed by atoms with E-state index in [1.165, 1.54) is 48.1 Å². The third kappa shape index (κ3) is 5.29. The van der Waals surface area contributed by atoms with Crippen molar-refractivity contribution in [2.45, 2.75) is 34.9 Å². The van der Waals surface area contributed by atoms with Gasteiger partial charge in [0.25, 0.3) is 10.0 Å². The van der Waals surface area contributed by atoms with E-state index in [9.17, 15) is 13.2 Å². The number of thioether (sulfide) groups is 1. The molecular formula is C18H22N6O3S3. The van der Waals surface area contributed by atoms with Gasteiger partial charge in [0.05, 0.1) is 10.6 Å². The average molecular weight is 467 g/mol. The van der Waals surface area contributed by atoms with Gasteiger partial charge in [-0.05, 0) is 37.5 Å². The number of carbonyl (C=O) groups excluding carboxylic acids is 1. The van der Waals surface area contributed by atoms with Crippen molar-refractivity contribution in [2.75, 3.05) is 35.6 Å². The lowest BCUT2D eigenvalue weighted by molar-refractivity contribution is -0.113. The van der Waals surface area contributed by atoms with E-state index < -0.39 is 10.0 Å². The summed E-state index contributed by atoms with van der Waals surface area (Å²) in [6.45, 7) is 2.64. The molecule has 2 N–H and O–H groups in total. The van der Waals surface area contributed by atoms with Crippen molar-refractivity contribution >= 4 is 55.7 Å². The van der Waals surface area contributed by atoms with E-state index in [0.717, 1.165) is 29.0 Å². The Kier molecular flexibility index (Phi) is 6.54. The van der Waals surface area contributed by atoms with Crippen molar-refractivity contribution in [1.29, 1.82) is 0 Å². The Morgan fingerprint density at radius 2 is 2.03 bits per heavy atom. The normalized spacial score (nSPS) is 16.5. The summed E-state index contributed by atoms with van der Waals surface area (Å²) in [6, 6.07) is 6.19. The van der Waals surface area contributed by atoms with Gasteiger partial charge >= 0.3 is 0 Å². The predicted molar refractivity (Wildman–Crippen MR) is 119 cm³/mol. The molecule has 0 unspecified atom stereocenters. The van der Waals surface area contributed by atoms with Crippen LogP contribution in [0.5, 0.6) is 0 Å². The molecule has 160 valence electrons. The van der Waals surface area contributed by atoms with Crippen molar-refractivity contribution in [1.82, 2.24) is 14.9 Å². The van der Waals surface area contributed by atoms with E-state index in [-0.39, 0.29) is 16.6 Å². The lowest BCUT2D eigenvalue weighted by Crippen LogP contribution is -2.29. The largest absolute Gasteiger partial charge is 0.347 e. The first-order valence-corrected chi connectivity index (χ1v) is 13.0.